The highest BCUT2D eigenvalue weighted by atomic mass is 31.2. The molecule has 0 aliphatic heterocycles. The van der Waals surface area contributed by atoms with Crippen LogP contribution in [0, 0.1) is 0 Å². The molecule has 3 N–H and O–H groups in total. The number of hydrogen-bond acceptors (Lipinski definition) is 7. The van der Waals surface area contributed by atoms with Gasteiger partial charge in [0.25, 0.3) is 0 Å². The Labute approximate surface area is 363 Å². The van der Waals surface area contributed by atoms with E-state index in [0.717, 1.165) is 70.6 Å². The van der Waals surface area contributed by atoms with Gasteiger partial charge in [-0.15, -0.1) is 0 Å². The number of phosphoric ester groups is 1. The van der Waals surface area contributed by atoms with Crippen LogP contribution in [0.3, 0.4) is 0 Å². The van der Waals surface area contributed by atoms with E-state index in [2.05, 4.69) is 74.6 Å². The summed E-state index contributed by atoms with van der Waals surface area (Å²) in [6.07, 6.45) is 58.2. The first kappa shape index (κ1) is 57.2. The highest BCUT2D eigenvalue weighted by Gasteiger charge is 2.25. The Hall–Kier alpha value is -1.80. The molecule has 0 aliphatic rings. The average molecular weight is 850 g/mol. The SMILES string of the molecule is CC/C=C\C/C=C\C/C=C\C/C=C\C/C=C\CCCCCCCCCCOCC(COP(=O)(O)OCCN)OC(=O)CCCCCCCCCCCCCCCCCC. The van der Waals surface area contributed by atoms with Gasteiger partial charge in [-0.05, 0) is 57.8 Å². The Balaban J connectivity index is 3.98. The van der Waals surface area contributed by atoms with Crippen molar-refractivity contribution in [2.45, 2.75) is 219 Å². The second-order valence-electron chi connectivity index (χ2n) is 16.0. The zero-order valence-corrected chi connectivity index (χ0v) is 39.1. The summed E-state index contributed by atoms with van der Waals surface area (Å²) < 4.78 is 33.5. The van der Waals surface area contributed by atoms with Gasteiger partial charge in [-0.1, -0.05) is 209 Å². The minimum Gasteiger partial charge on any atom is -0.457 e. The summed E-state index contributed by atoms with van der Waals surface area (Å²) in [6.45, 7) is 4.81. The molecule has 0 rings (SSSR count). The zero-order chi connectivity index (χ0) is 43.0. The van der Waals surface area contributed by atoms with Gasteiger partial charge in [0.2, 0.25) is 0 Å². The highest BCUT2D eigenvalue weighted by Crippen LogP contribution is 2.43. The number of esters is 1. The Bertz CT molecular complexity index is 1090. The topological polar surface area (TPSA) is 117 Å². The first-order valence-electron chi connectivity index (χ1n) is 24.3. The number of nitrogens with two attached hydrogens (primary N) is 1. The summed E-state index contributed by atoms with van der Waals surface area (Å²) in [5, 5.41) is 0. The van der Waals surface area contributed by atoms with Crippen molar-refractivity contribution in [3.8, 4) is 0 Å². The number of ether oxygens (including phenoxy) is 2. The number of carbonyl (C=O) groups is 1. The summed E-state index contributed by atoms with van der Waals surface area (Å²) in [5.74, 6) is -0.332. The number of allylic oxidation sites excluding steroid dienone is 10. The van der Waals surface area contributed by atoms with E-state index >= 15 is 0 Å². The lowest BCUT2D eigenvalue weighted by Crippen LogP contribution is -2.28. The van der Waals surface area contributed by atoms with E-state index in [0.29, 0.717) is 13.0 Å². The number of unbranched alkanes of at least 4 members (excludes halogenated alkanes) is 23. The van der Waals surface area contributed by atoms with Crippen molar-refractivity contribution in [1.29, 1.82) is 0 Å². The lowest BCUT2D eigenvalue weighted by molar-refractivity contribution is -0.154. The first-order valence-corrected chi connectivity index (χ1v) is 25.8. The van der Waals surface area contributed by atoms with Crippen molar-refractivity contribution in [2.75, 3.05) is 33.0 Å². The van der Waals surface area contributed by atoms with Crippen LogP contribution in [0.25, 0.3) is 0 Å². The molecular weight excluding hydrogens is 758 g/mol. The van der Waals surface area contributed by atoms with Crippen LogP contribution in [0.5, 0.6) is 0 Å². The van der Waals surface area contributed by atoms with Gasteiger partial charge in [0.1, 0.15) is 6.10 Å². The van der Waals surface area contributed by atoms with Crippen LogP contribution in [-0.2, 0) is 27.9 Å². The summed E-state index contributed by atoms with van der Waals surface area (Å²) in [6, 6.07) is 0. The molecule has 0 aromatic carbocycles. The fraction of sp³-hybridized carbons (Fsp3) is 0.780. The van der Waals surface area contributed by atoms with Crippen LogP contribution in [0.15, 0.2) is 60.8 Å². The van der Waals surface area contributed by atoms with Crippen molar-refractivity contribution in [2.24, 2.45) is 5.73 Å². The lowest BCUT2D eigenvalue weighted by atomic mass is 10.0. The minimum absolute atomic E-state index is 0.0978. The normalized spacial score (nSPS) is 13.9. The third kappa shape index (κ3) is 47.1. The van der Waals surface area contributed by atoms with Gasteiger partial charge in [-0.2, -0.15) is 0 Å². The fourth-order valence-corrected chi connectivity index (χ4v) is 7.44. The number of rotatable bonds is 46. The van der Waals surface area contributed by atoms with E-state index < -0.39 is 13.9 Å². The van der Waals surface area contributed by atoms with Crippen LogP contribution in [-0.4, -0.2) is 49.9 Å². The summed E-state index contributed by atoms with van der Waals surface area (Å²) >= 11 is 0. The second kappa shape index (κ2) is 47.3. The van der Waals surface area contributed by atoms with Gasteiger partial charge < -0.3 is 20.1 Å². The van der Waals surface area contributed by atoms with Crippen molar-refractivity contribution in [1.82, 2.24) is 0 Å². The molecule has 0 fully saturated rings. The van der Waals surface area contributed by atoms with Gasteiger partial charge >= 0.3 is 13.8 Å². The molecule has 0 saturated heterocycles. The van der Waals surface area contributed by atoms with Gasteiger partial charge in [-0.3, -0.25) is 13.8 Å². The van der Waals surface area contributed by atoms with Crippen LogP contribution >= 0.6 is 7.82 Å². The maximum Gasteiger partial charge on any atom is 0.472 e. The second-order valence-corrected chi connectivity index (χ2v) is 17.4. The fourth-order valence-electron chi connectivity index (χ4n) is 6.67. The highest BCUT2D eigenvalue weighted by molar-refractivity contribution is 7.47. The molecule has 59 heavy (non-hydrogen) atoms. The van der Waals surface area contributed by atoms with Crippen LogP contribution in [0.2, 0.25) is 0 Å². The summed E-state index contributed by atoms with van der Waals surface area (Å²) in [5.41, 5.74) is 5.38. The van der Waals surface area contributed by atoms with E-state index in [-0.39, 0.29) is 32.3 Å². The van der Waals surface area contributed by atoms with E-state index in [9.17, 15) is 14.3 Å². The third-order valence-corrected chi connectivity index (χ3v) is 11.2. The molecule has 0 radical (unpaired) electrons. The van der Waals surface area contributed by atoms with E-state index in [4.69, 9.17) is 24.3 Å². The molecule has 2 atom stereocenters. The Morgan fingerprint density at radius 2 is 0.949 bits per heavy atom. The average Bonchev–Trinajstić information content (AvgIpc) is 3.23. The molecule has 0 amide bonds. The van der Waals surface area contributed by atoms with Crippen molar-refractivity contribution in [3.05, 3.63) is 60.8 Å². The van der Waals surface area contributed by atoms with E-state index in [1.54, 1.807) is 0 Å². The van der Waals surface area contributed by atoms with Gasteiger partial charge in [0.15, 0.2) is 0 Å². The quantitative estimate of drug-likeness (QED) is 0.0269. The number of hydrogen-bond donors (Lipinski definition) is 2. The summed E-state index contributed by atoms with van der Waals surface area (Å²) in [7, 11) is -4.28. The molecule has 0 aromatic heterocycles. The van der Waals surface area contributed by atoms with Crippen LogP contribution in [0.1, 0.15) is 213 Å². The molecular formula is C50H92NO7P. The number of carbonyl (C=O) groups excluding carboxylic acids is 1. The number of phosphoric acid groups is 1. The minimum atomic E-state index is -4.28. The molecule has 8 nitrogen and oxygen atoms in total. The molecule has 9 heteroatoms. The van der Waals surface area contributed by atoms with Crippen molar-refractivity contribution in [3.63, 3.8) is 0 Å². The first-order chi connectivity index (χ1) is 28.9. The molecule has 2 unspecified atom stereocenters. The van der Waals surface area contributed by atoms with E-state index in [1.165, 1.54) is 122 Å². The lowest BCUT2D eigenvalue weighted by Gasteiger charge is -2.20. The molecule has 0 saturated carbocycles. The Morgan fingerprint density at radius 3 is 1.42 bits per heavy atom. The standard InChI is InChI=1S/C50H92NO7P/c1-3-5-7-9-11-13-15-17-19-21-22-23-24-25-26-27-28-30-32-34-36-38-40-42-45-55-47-49(48-57-59(53,54)56-46-44-51)58-50(52)43-41-39-37-35-33-31-29-20-18-16-14-12-10-8-6-4-2/h5,7,11,13,17,19,22-23,25-26,49H,3-4,6,8-10,12,14-16,18,20-21,24,27-48,51H2,1-2H3,(H,53,54)/b7-5-,13-11-,19-17-,23-22-,26-25-. The third-order valence-electron chi connectivity index (χ3n) is 10.2. The Morgan fingerprint density at radius 1 is 0.525 bits per heavy atom. The van der Waals surface area contributed by atoms with Crippen molar-refractivity contribution < 1.29 is 32.8 Å². The van der Waals surface area contributed by atoms with Gasteiger partial charge in [0.05, 0.1) is 19.8 Å². The molecule has 0 aromatic rings. The predicted molar refractivity (Wildman–Crippen MR) is 252 cm³/mol. The maximum absolute atomic E-state index is 12.6. The van der Waals surface area contributed by atoms with Crippen LogP contribution in [0.4, 0.5) is 0 Å². The Kier molecular flexibility index (Phi) is 45.8. The maximum atomic E-state index is 12.6. The largest absolute Gasteiger partial charge is 0.472 e. The molecule has 0 heterocycles. The van der Waals surface area contributed by atoms with Crippen molar-refractivity contribution >= 4 is 13.8 Å². The summed E-state index contributed by atoms with van der Waals surface area (Å²) in [4.78, 5) is 22.5. The monoisotopic (exact) mass is 850 g/mol. The van der Waals surface area contributed by atoms with Crippen LogP contribution < -0.4 is 5.73 Å². The molecule has 344 valence electrons. The molecule has 0 bridgehead atoms. The molecule has 0 aliphatic carbocycles. The van der Waals surface area contributed by atoms with E-state index in [1.807, 2.05) is 0 Å². The smallest absolute Gasteiger partial charge is 0.457 e. The predicted octanol–water partition coefficient (Wildman–Crippen LogP) is 14.9. The molecule has 0 spiro atoms. The van der Waals surface area contributed by atoms with Gasteiger partial charge in [0, 0.05) is 19.6 Å². The zero-order valence-electron chi connectivity index (χ0n) is 38.2. The van der Waals surface area contributed by atoms with Gasteiger partial charge in [-0.25, -0.2) is 4.57 Å².